The largest absolute Gasteiger partial charge is 0.103 e. The number of hydrogen-bond acceptors (Lipinski definition) is 0. The van der Waals surface area contributed by atoms with E-state index in [1.807, 2.05) is 6.08 Å². The Bertz CT molecular complexity index is 235. The molecule has 0 fully saturated rings. The molecule has 0 N–H and O–H groups in total. The molecule has 0 spiro atoms. The molecule has 13 heavy (non-hydrogen) atoms. The van der Waals surface area contributed by atoms with Crippen LogP contribution in [0, 0.1) is 5.92 Å². The Morgan fingerprint density at radius 3 is 2.54 bits per heavy atom. The van der Waals surface area contributed by atoms with Crippen LogP contribution < -0.4 is 0 Å². The summed E-state index contributed by atoms with van der Waals surface area (Å²) in [5.74, 6) is 0.764. The Hall–Kier alpha value is -1.04. The van der Waals surface area contributed by atoms with E-state index >= 15 is 0 Å². The Balaban J connectivity index is 2.51. The summed E-state index contributed by atoms with van der Waals surface area (Å²) in [6, 6.07) is 10.7. The van der Waals surface area contributed by atoms with Crippen molar-refractivity contribution in [2.24, 2.45) is 5.92 Å². The first kappa shape index (κ1) is 10.0. The van der Waals surface area contributed by atoms with Crippen molar-refractivity contribution in [2.45, 2.75) is 26.2 Å². The van der Waals surface area contributed by atoms with Crippen LogP contribution in [-0.4, -0.2) is 0 Å². The third-order valence-electron chi connectivity index (χ3n) is 2.44. The van der Waals surface area contributed by atoms with Gasteiger partial charge in [0, 0.05) is 0 Å². The molecule has 1 atom stereocenters. The molecule has 1 aromatic rings. The first-order chi connectivity index (χ1) is 6.36. The van der Waals surface area contributed by atoms with Crippen LogP contribution in [0.4, 0.5) is 0 Å². The van der Waals surface area contributed by atoms with Crippen molar-refractivity contribution >= 4 is 0 Å². The highest BCUT2D eigenvalue weighted by Gasteiger charge is 2.04. The molecular formula is C13H18. The molecule has 0 amide bonds. The van der Waals surface area contributed by atoms with Gasteiger partial charge < -0.3 is 0 Å². The van der Waals surface area contributed by atoms with Gasteiger partial charge in [0.2, 0.25) is 0 Å². The molecule has 0 nitrogen and oxygen atoms in total. The van der Waals surface area contributed by atoms with E-state index in [-0.39, 0.29) is 0 Å². The van der Waals surface area contributed by atoms with Gasteiger partial charge in [0.05, 0.1) is 0 Å². The van der Waals surface area contributed by atoms with Gasteiger partial charge in [0.25, 0.3) is 0 Å². The zero-order valence-electron chi connectivity index (χ0n) is 8.37. The maximum atomic E-state index is 3.79. The number of rotatable bonds is 5. The van der Waals surface area contributed by atoms with E-state index in [9.17, 15) is 0 Å². The van der Waals surface area contributed by atoms with Gasteiger partial charge in [-0.05, 0) is 24.3 Å². The van der Waals surface area contributed by atoms with Crippen LogP contribution >= 0.6 is 0 Å². The fourth-order valence-electron chi connectivity index (χ4n) is 1.58. The summed E-state index contributed by atoms with van der Waals surface area (Å²) in [5, 5.41) is 0. The van der Waals surface area contributed by atoms with Crippen LogP contribution in [-0.2, 0) is 6.42 Å². The first-order valence-corrected chi connectivity index (χ1v) is 5.01. The predicted molar refractivity (Wildman–Crippen MR) is 58.7 cm³/mol. The topological polar surface area (TPSA) is 0 Å². The molecule has 0 unspecified atom stereocenters. The number of hydrogen-bond donors (Lipinski definition) is 0. The summed E-state index contributed by atoms with van der Waals surface area (Å²) in [6.07, 6.45) is 5.58. The molecule has 70 valence electrons. The lowest BCUT2D eigenvalue weighted by Crippen LogP contribution is -2.01. The van der Waals surface area contributed by atoms with E-state index in [1.165, 1.54) is 18.4 Å². The third kappa shape index (κ3) is 3.45. The van der Waals surface area contributed by atoms with Crippen LogP contribution in [0.15, 0.2) is 43.0 Å². The lowest BCUT2D eigenvalue weighted by molar-refractivity contribution is 0.514. The van der Waals surface area contributed by atoms with Gasteiger partial charge in [-0.15, -0.1) is 6.58 Å². The molecule has 0 heterocycles. The molecule has 0 aliphatic rings. The molecule has 0 aliphatic heterocycles. The van der Waals surface area contributed by atoms with Crippen LogP contribution in [0.25, 0.3) is 0 Å². The van der Waals surface area contributed by atoms with Gasteiger partial charge in [0.1, 0.15) is 0 Å². The second-order valence-corrected chi connectivity index (χ2v) is 3.49. The lowest BCUT2D eigenvalue weighted by Gasteiger charge is -2.11. The average Bonchev–Trinajstić information content (AvgIpc) is 2.19. The van der Waals surface area contributed by atoms with Crippen LogP contribution in [0.1, 0.15) is 25.3 Å². The monoisotopic (exact) mass is 174 g/mol. The highest BCUT2D eigenvalue weighted by molar-refractivity contribution is 5.15. The normalized spacial score (nSPS) is 12.4. The minimum absolute atomic E-state index is 0.764. The van der Waals surface area contributed by atoms with Crippen molar-refractivity contribution in [1.29, 1.82) is 0 Å². The van der Waals surface area contributed by atoms with Crippen molar-refractivity contribution in [1.82, 2.24) is 0 Å². The number of allylic oxidation sites excluding steroid dienone is 1. The molecule has 1 rings (SSSR count). The van der Waals surface area contributed by atoms with E-state index in [0.29, 0.717) is 0 Å². The summed E-state index contributed by atoms with van der Waals surface area (Å²) < 4.78 is 0. The Morgan fingerprint density at radius 2 is 2.00 bits per heavy atom. The summed E-state index contributed by atoms with van der Waals surface area (Å²) >= 11 is 0. The maximum Gasteiger partial charge on any atom is -0.0248 e. The SMILES string of the molecule is C=CC[C@H](CC)Cc1ccccc1. The second-order valence-electron chi connectivity index (χ2n) is 3.49. The Kier molecular flexibility index (Phi) is 4.31. The molecule has 1 aromatic carbocycles. The van der Waals surface area contributed by atoms with Crippen molar-refractivity contribution in [3.05, 3.63) is 48.6 Å². The van der Waals surface area contributed by atoms with Crippen LogP contribution in [0.2, 0.25) is 0 Å². The molecule has 0 aliphatic carbocycles. The summed E-state index contributed by atoms with van der Waals surface area (Å²) in [6.45, 7) is 6.04. The van der Waals surface area contributed by atoms with Gasteiger partial charge in [-0.2, -0.15) is 0 Å². The lowest BCUT2D eigenvalue weighted by atomic mass is 9.94. The minimum Gasteiger partial charge on any atom is -0.103 e. The van der Waals surface area contributed by atoms with Crippen molar-refractivity contribution < 1.29 is 0 Å². The molecule has 0 heteroatoms. The van der Waals surface area contributed by atoms with Gasteiger partial charge in [-0.25, -0.2) is 0 Å². The van der Waals surface area contributed by atoms with E-state index in [1.54, 1.807) is 0 Å². The van der Waals surface area contributed by atoms with E-state index in [0.717, 1.165) is 12.3 Å². The van der Waals surface area contributed by atoms with E-state index < -0.39 is 0 Å². The van der Waals surface area contributed by atoms with E-state index in [2.05, 4.69) is 43.8 Å². The zero-order chi connectivity index (χ0) is 9.52. The van der Waals surface area contributed by atoms with Crippen molar-refractivity contribution in [3.63, 3.8) is 0 Å². The fourth-order valence-corrected chi connectivity index (χ4v) is 1.58. The molecule has 0 saturated heterocycles. The van der Waals surface area contributed by atoms with Gasteiger partial charge in [0.15, 0.2) is 0 Å². The Labute approximate surface area is 81.3 Å². The summed E-state index contributed by atoms with van der Waals surface area (Å²) in [7, 11) is 0. The molecule has 0 aromatic heterocycles. The summed E-state index contributed by atoms with van der Waals surface area (Å²) in [4.78, 5) is 0. The highest BCUT2D eigenvalue weighted by Crippen LogP contribution is 2.15. The maximum absolute atomic E-state index is 3.79. The van der Waals surface area contributed by atoms with Crippen LogP contribution in [0.5, 0.6) is 0 Å². The summed E-state index contributed by atoms with van der Waals surface area (Å²) in [5.41, 5.74) is 1.44. The molecular weight excluding hydrogens is 156 g/mol. The quantitative estimate of drug-likeness (QED) is 0.595. The second kappa shape index (κ2) is 5.58. The fraction of sp³-hybridized carbons (Fsp3) is 0.385. The number of benzene rings is 1. The molecule has 0 radical (unpaired) electrons. The molecule has 0 saturated carbocycles. The third-order valence-corrected chi connectivity index (χ3v) is 2.44. The van der Waals surface area contributed by atoms with Crippen molar-refractivity contribution in [2.75, 3.05) is 0 Å². The van der Waals surface area contributed by atoms with Gasteiger partial charge >= 0.3 is 0 Å². The smallest absolute Gasteiger partial charge is 0.0248 e. The standard InChI is InChI=1S/C13H18/c1-3-8-12(4-2)11-13-9-6-5-7-10-13/h3,5-7,9-10,12H,1,4,8,11H2,2H3/t12-/m0/s1. The zero-order valence-corrected chi connectivity index (χ0v) is 8.37. The average molecular weight is 174 g/mol. The van der Waals surface area contributed by atoms with E-state index in [4.69, 9.17) is 0 Å². The van der Waals surface area contributed by atoms with Gasteiger partial charge in [-0.3, -0.25) is 0 Å². The first-order valence-electron chi connectivity index (χ1n) is 5.01. The highest BCUT2D eigenvalue weighted by atomic mass is 14.1. The minimum atomic E-state index is 0.764. The predicted octanol–water partition coefficient (Wildman–Crippen LogP) is 3.83. The van der Waals surface area contributed by atoms with Crippen molar-refractivity contribution in [3.8, 4) is 0 Å². The van der Waals surface area contributed by atoms with Crippen LogP contribution in [0.3, 0.4) is 0 Å². The molecule has 0 bridgehead atoms. The Morgan fingerprint density at radius 1 is 1.31 bits per heavy atom. The van der Waals surface area contributed by atoms with Gasteiger partial charge in [-0.1, -0.05) is 49.8 Å².